The van der Waals surface area contributed by atoms with Crippen LogP contribution in [0.2, 0.25) is 0 Å². The van der Waals surface area contributed by atoms with Gasteiger partial charge < -0.3 is 5.11 Å². The molecule has 3 rings (SSSR count). The summed E-state index contributed by atoms with van der Waals surface area (Å²) in [4.78, 5) is 4.21. The lowest BCUT2D eigenvalue weighted by Gasteiger charge is -2.16. The largest absolute Gasteiger partial charge is 0.387 e. The van der Waals surface area contributed by atoms with Crippen LogP contribution in [0.25, 0.3) is 0 Å². The second-order valence-corrected chi connectivity index (χ2v) is 5.21. The molecule has 0 radical (unpaired) electrons. The minimum absolute atomic E-state index is 0.134. The molecule has 0 bridgehead atoms. The highest BCUT2D eigenvalue weighted by molar-refractivity contribution is 5.30. The van der Waals surface area contributed by atoms with Crippen molar-refractivity contribution in [3.63, 3.8) is 0 Å². The number of halogens is 2. The number of aliphatic hydroxyl groups is 1. The van der Waals surface area contributed by atoms with Gasteiger partial charge in [-0.05, 0) is 60.6 Å². The number of hydrogen-bond donors (Lipinski definition) is 1. The molecule has 20 heavy (non-hydrogen) atoms. The van der Waals surface area contributed by atoms with Gasteiger partial charge in [0.25, 0.3) is 0 Å². The summed E-state index contributed by atoms with van der Waals surface area (Å²) in [6.07, 6.45) is 2.70. The predicted molar refractivity (Wildman–Crippen MR) is 71.2 cm³/mol. The lowest BCUT2D eigenvalue weighted by Crippen LogP contribution is -2.05. The molecule has 2 nitrogen and oxygen atoms in total. The monoisotopic (exact) mass is 275 g/mol. The molecule has 0 saturated heterocycles. The maximum atomic E-state index is 13.9. The number of aromatic nitrogens is 1. The molecule has 1 aromatic heterocycles. The number of pyridine rings is 1. The molecule has 104 valence electrons. The number of rotatable bonds is 1. The molecule has 1 N–H and O–H groups in total. The third kappa shape index (κ3) is 2.43. The highest BCUT2D eigenvalue weighted by atomic mass is 19.1. The first kappa shape index (κ1) is 13.2. The fraction of sp³-hybridized carbons (Fsp3) is 0.312. The van der Waals surface area contributed by atoms with E-state index in [0.29, 0.717) is 30.5 Å². The van der Waals surface area contributed by atoms with Gasteiger partial charge in [0.05, 0.1) is 11.8 Å². The van der Waals surface area contributed by atoms with E-state index in [1.807, 2.05) is 6.07 Å². The minimum atomic E-state index is -0.632. The minimum Gasteiger partial charge on any atom is -0.387 e. The van der Waals surface area contributed by atoms with Crippen LogP contribution < -0.4 is 0 Å². The van der Waals surface area contributed by atoms with E-state index in [9.17, 15) is 13.9 Å². The lowest BCUT2D eigenvalue weighted by molar-refractivity contribution is 0.160. The molecule has 0 aliphatic heterocycles. The Balaban J connectivity index is 1.99. The van der Waals surface area contributed by atoms with Crippen LogP contribution in [0.4, 0.5) is 8.78 Å². The molecular formula is C16H15F2NO. The van der Waals surface area contributed by atoms with Gasteiger partial charge >= 0.3 is 0 Å². The van der Waals surface area contributed by atoms with Crippen LogP contribution in [0.1, 0.15) is 41.7 Å². The molecule has 1 aliphatic carbocycles. The average molecular weight is 275 g/mol. The summed E-state index contributed by atoms with van der Waals surface area (Å²) in [6.45, 7) is 0. The summed E-state index contributed by atoms with van der Waals surface area (Å²) >= 11 is 0. The van der Waals surface area contributed by atoms with Gasteiger partial charge in [0.15, 0.2) is 0 Å². The zero-order chi connectivity index (χ0) is 14.1. The molecule has 0 saturated carbocycles. The molecular weight excluding hydrogens is 260 g/mol. The van der Waals surface area contributed by atoms with E-state index in [1.54, 1.807) is 12.3 Å². The summed E-state index contributed by atoms with van der Waals surface area (Å²) in [5.74, 6) is -0.957. The van der Waals surface area contributed by atoms with E-state index in [-0.39, 0.29) is 5.92 Å². The Hall–Kier alpha value is -1.81. The van der Waals surface area contributed by atoms with Crippen LogP contribution >= 0.6 is 0 Å². The van der Waals surface area contributed by atoms with Gasteiger partial charge in [0.1, 0.15) is 11.6 Å². The van der Waals surface area contributed by atoms with Crippen molar-refractivity contribution in [2.75, 3.05) is 0 Å². The van der Waals surface area contributed by atoms with Gasteiger partial charge in [-0.25, -0.2) is 8.78 Å². The molecule has 0 fully saturated rings. The van der Waals surface area contributed by atoms with E-state index < -0.39 is 17.7 Å². The number of hydrogen-bond acceptors (Lipinski definition) is 2. The number of fused-ring (bicyclic) bond motifs is 1. The normalized spacial score (nSPS) is 22.1. The van der Waals surface area contributed by atoms with Gasteiger partial charge in [0.2, 0.25) is 0 Å². The average Bonchev–Trinajstić information content (AvgIpc) is 2.62. The predicted octanol–water partition coefficient (Wildman–Crippen LogP) is 3.51. The Bertz CT molecular complexity index is 630. The van der Waals surface area contributed by atoms with Crippen molar-refractivity contribution in [1.82, 2.24) is 4.98 Å². The highest BCUT2D eigenvalue weighted by Crippen LogP contribution is 2.36. The number of aliphatic hydroxyl groups excluding tert-OH is 1. The Morgan fingerprint density at radius 2 is 2.00 bits per heavy atom. The Labute approximate surface area is 116 Å². The van der Waals surface area contributed by atoms with E-state index >= 15 is 0 Å². The standard InChI is InChI=1S/C16H15F2NO/c17-12-4-5-14(18)13(9-12)10-3-6-15(20)16-11(8-10)2-1-7-19-16/h1-2,4-5,7,9-10,15,20H,3,6,8H2/t10-,15-/m0/s1. The van der Waals surface area contributed by atoms with Gasteiger partial charge in [-0.1, -0.05) is 6.07 Å². The molecule has 0 unspecified atom stereocenters. The third-order valence-electron chi connectivity index (χ3n) is 3.89. The summed E-state index contributed by atoms with van der Waals surface area (Å²) in [5.41, 5.74) is 1.95. The van der Waals surface area contributed by atoms with E-state index in [1.165, 1.54) is 6.07 Å². The summed E-state index contributed by atoms with van der Waals surface area (Å²) in [6, 6.07) is 7.24. The maximum absolute atomic E-state index is 13.9. The van der Waals surface area contributed by atoms with Crippen molar-refractivity contribution in [2.24, 2.45) is 0 Å². The van der Waals surface area contributed by atoms with Crippen molar-refractivity contribution < 1.29 is 13.9 Å². The molecule has 1 aromatic carbocycles. The van der Waals surface area contributed by atoms with E-state index in [4.69, 9.17) is 0 Å². The molecule has 2 aromatic rings. The lowest BCUT2D eigenvalue weighted by atomic mass is 9.90. The summed E-state index contributed by atoms with van der Waals surface area (Å²) < 4.78 is 27.3. The maximum Gasteiger partial charge on any atom is 0.126 e. The summed E-state index contributed by atoms with van der Waals surface area (Å²) in [5, 5.41) is 10.1. The second kappa shape index (κ2) is 5.29. The first-order valence-corrected chi connectivity index (χ1v) is 6.72. The van der Waals surface area contributed by atoms with Crippen LogP contribution in [0.15, 0.2) is 36.5 Å². The zero-order valence-electron chi connectivity index (χ0n) is 10.9. The molecule has 1 heterocycles. The van der Waals surface area contributed by atoms with Crippen LogP contribution in [-0.4, -0.2) is 10.1 Å². The third-order valence-corrected chi connectivity index (χ3v) is 3.89. The fourth-order valence-electron chi connectivity index (χ4n) is 2.88. The Morgan fingerprint density at radius 1 is 1.15 bits per heavy atom. The molecule has 0 spiro atoms. The fourth-order valence-corrected chi connectivity index (χ4v) is 2.88. The number of nitrogens with zero attached hydrogens (tertiary/aromatic N) is 1. The highest BCUT2D eigenvalue weighted by Gasteiger charge is 2.26. The van der Waals surface area contributed by atoms with Crippen LogP contribution in [-0.2, 0) is 6.42 Å². The SMILES string of the molecule is O[C@H]1CC[C@H](c2cc(F)ccc2F)Cc2cccnc21. The van der Waals surface area contributed by atoms with Crippen molar-refractivity contribution >= 4 is 0 Å². The second-order valence-electron chi connectivity index (χ2n) is 5.21. The van der Waals surface area contributed by atoms with Gasteiger partial charge in [-0.15, -0.1) is 0 Å². The van der Waals surface area contributed by atoms with Gasteiger partial charge in [0, 0.05) is 6.20 Å². The molecule has 0 amide bonds. The molecule has 1 aliphatic rings. The van der Waals surface area contributed by atoms with Crippen molar-refractivity contribution in [1.29, 1.82) is 0 Å². The van der Waals surface area contributed by atoms with Gasteiger partial charge in [-0.2, -0.15) is 0 Å². The van der Waals surface area contributed by atoms with Crippen molar-refractivity contribution in [3.8, 4) is 0 Å². The number of benzene rings is 1. The Morgan fingerprint density at radius 3 is 2.85 bits per heavy atom. The van der Waals surface area contributed by atoms with E-state index in [0.717, 1.165) is 17.7 Å². The molecule has 2 atom stereocenters. The van der Waals surface area contributed by atoms with Crippen LogP contribution in [0.3, 0.4) is 0 Å². The van der Waals surface area contributed by atoms with Crippen molar-refractivity contribution in [2.45, 2.75) is 31.3 Å². The van der Waals surface area contributed by atoms with Crippen molar-refractivity contribution in [3.05, 3.63) is 65.0 Å². The Kier molecular flexibility index (Phi) is 3.49. The first-order chi connectivity index (χ1) is 9.65. The molecule has 4 heteroatoms. The zero-order valence-corrected chi connectivity index (χ0v) is 10.9. The topological polar surface area (TPSA) is 33.1 Å². The van der Waals surface area contributed by atoms with E-state index in [2.05, 4.69) is 4.98 Å². The van der Waals surface area contributed by atoms with Gasteiger partial charge in [-0.3, -0.25) is 4.98 Å². The van der Waals surface area contributed by atoms with Crippen LogP contribution in [0.5, 0.6) is 0 Å². The summed E-state index contributed by atoms with van der Waals surface area (Å²) in [7, 11) is 0. The first-order valence-electron chi connectivity index (χ1n) is 6.72. The quantitative estimate of drug-likeness (QED) is 0.808. The smallest absolute Gasteiger partial charge is 0.126 e. The van der Waals surface area contributed by atoms with Crippen LogP contribution in [0, 0.1) is 11.6 Å².